The number of nitrogens with one attached hydrogen (secondary N) is 1. The Labute approximate surface area is 123 Å². The maximum atomic E-state index is 5.26. The summed E-state index contributed by atoms with van der Waals surface area (Å²) >= 11 is 0. The number of ether oxygens (including phenoxy) is 1. The Morgan fingerprint density at radius 2 is 2.10 bits per heavy atom. The quantitative estimate of drug-likeness (QED) is 0.614. The normalized spacial score (nSPS) is 28.9. The van der Waals surface area contributed by atoms with Gasteiger partial charge in [0.15, 0.2) is 5.96 Å². The highest BCUT2D eigenvalue weighted by Gasteiger charge is 2.25. The number of likely N-dealkylation sites (tertiary alicyclic amines) is 2. The summed E-state index contributed by atoms with van der Waals surface area (Å²) in [5.41, 5.74) is 0. The van der Waals surface area contributed by atoms with Gasteiger partial charge in [-0.25, -0.2) is 0 Å². The number of nitrogens with zero attached hydrogens (tertiary/aromatic N) is 3. The van der Waals surface area contributed by atoms with Crippen molar-refractivity contribution >= 4 is 5.96 Å². The average molecular weight is 282 g/mol. The molecule has 1 N–H and O–H groups in total. The average Bonchev–Trinajstić information content (AvgIpc) is 2.89. The maximum Gasteiger partial charge on any atom is 0.193 e. The van der Waals surface area contributed by atoms with Gasteiger partial charge < -0.3 is 19.9 Å². The van der Waals surface area contributed by atoms with Crippen LogP contribution in [0.3, 0.4) is 0 Å². The van der Waals surface area contributed by atoms with E-state index in [2.05, 4.69) is 27.2 Å². The summed E-state index contributed by atoms with van der Waals surface area (Å²) < 4.78 is 5.26. The molecule has 0 aromatic carbocycles. The lowest BCUT2D eigenvalue weighted by Gasteiger charge is -2.31. The topological polar surface area (TPSA) is 40.1 Å². The summed E-state index contributed by atoms with van der Waals surface area (Å²) in [6.45, 7) is 6.52. The minimum Gasteiger partial charge on any atom is -0.384 e. The maximum absolute atomic E-state index is 5.26. The Bertz CT molecular complexity index is 321. The predicted molar refractivity (Wildman–Crippen MR) is 83.1 cm³/mol. The van der Waals surface area contributed by atoms with Crippen LogP contribution in [0.25, 0.3) is 0 Å². The summed E-state index contributed by atoms with van der Waals surface area (Å²) in [6.07, 6.45) is 3.86. The fourth-order valence-electron chi connectivity index (χ4n) is 3.40. The van der Waals surface area contributed by atoms with Crippen LogP contribution >= 0.6 is 0 Å². The molecule has 2 saturated heterocycles. The van der Waals surface area contributed by atoms with Crippen LogP contribution < -0.4 is 5.32 Å². The minimum atomic E-state index is 0.652. The van der Waals surface area contributed by atoms with Gasteiger partial charge in [-0.15, -0.1) is 0 Å². The van der Waals surface area contributed by atoms with Crippen LogP contribution in [0.15, 0.2) is 4.99 Å². The second-order valence-corrected chi connectivity index (χ2v) is 6.25. The van der Waals surface area contributed by atoms with Gasteiger partial charge in [-0.2, -0.15) is 0 Å². The van der Waals surface area contributed by atoms with Gasteiger partial charge in [-0.3, -0.25) is 4.99 Å². The molecule has 20 heavy (non-hydrogen) atoms. The molecule has 2 unspecified atom stereocenters. The number of methoxy groups -OCH3 is 1. The van der Waals surface area contributed by atoms with Crippen LogP contribution in [0, 0.1) is 11.8 Å². The molecule has 2 fully saturated rings. The summed E-state index contributed by atoms with van der Waals surface area (Å²) in [5.74, 6) is 2.47. The lowest BCUT2D eigenvalue weighted by molar-refractivity contribution is 0.157. The molecule has 0 radical (unpaired) electrons. The minimum absolute atomic E-state index is 0.652. The van der Waals surface area contributed by atoms with E-state index >= 15 is 0 Å². The van der Waals surface area contributed by atoms with Crippen LogP contribution in [0.4, 0.5) is 0 Å². The van der Waals surface area contributed by atoms with E-state index in [4.69, 9.17) is 4.74 Å². The third kappa shape index (κ3) is 4.35. The van der Waals surface area contributed by atoms with E-state index in [0.717, 1.165) is 38.1 Å². The SMILES string of the molecule is CN=C(NCC1CCCN(C)C1)N1CCC(COC)C1. The smallest absolute Gasteiger partial charge is 0.193 e. The van der Waals surface area contributed by atoms with Gasteiger partial charge in [0, 0.05) is 46.3 Å². The highest BCUT2D eigenvalue weighted by molar-refractivity contribution is 5.80. The fourth-order valence-corrected chi connectivity index (χ4v) is 3.40. The fraction of sp³-hybridized carbons (Fsp3) is 0.933. The van der Waals surface area contributed by atoms with E-state index in [1.165, 1.54) is 32.4 Å². The van der Waals surface area contributed by atoms with E-state index in [1.54, 1.807) is 7.11 Å². The van der Waals surface area contributed by atoms with E-state index in [9.17, 15) is 0 Å². The summed E-state index contributed by atoms with van der Waals surface area (Å²) in [7, 11) is 5.89. The largest absolute Gasteiger partial charge is 0.384 e. The second-order valence-electron chi connectivity index (χ2n) is 6.25. The molecular formula is C15H30N4O. The van der Waals surface area contributed by atoms with E-state index < -0.39 is 0 Å². The molecule has 2 atom stereocenters. The van der Waals surface area contributed by atoms with Crippen LogP contribution in [0.1, 0.15) is 19.3 Å². The molecular weight excluding hydrogens is 252 g/mol. The zero-order valence-electron chi connectivity index (χ0n) is 13.3. The highest BCUT2D eigenvalue weighted by atomic mass is 16.5. The van der Waals surface area contributed by atoms with E-state index in [1.807, 2.05) is 7.05 Å². The van der Waals surface area contributed by atoms with Gasteiger partial charge in [0.2, 0.25) is 0 Å². The molecule has 0 saturated carbocycles. The molecule has 0 aliphatic carbocycles. The molecule has 2 rings (SSSR count). The van der Waals surface area contributed by atoms with Crippen molar-refractivity contribution in [3.05, 3.63) is 0 Å². The van der Waals surface area contributed by atoms with Gasteiger partial charge in [-0.1, -0.05) is 0 Å². The molecule has 0 bridgehead atoms. The standard InChI is InChI=1S/C15H30N4O/c1-16-15(19-8-6-14(11-19)12-20-3)17-9-13-5-4-7-18(2)10-13/h13-14H,4-12H2,1-3H3,(H,16,17). The van der Waals surface area contributed by atoms with Crippen LogP contribution in [0.2, 0.25) is 0 Å². The van der Waals surface area contributed by atoms with Crippen molar-refractivity contribution in [2.75, 3.05) is 60.5 Å². The van der Waals surface area contributed by atoms with Gasteiger partial charge in [0.05, 0.1) is 6.61 Å². The zero-order valence-corrected chi connectivity index (χ0v) is 13.3. The molecule has 0 spiro atoms. The number of rotatable bonds is 4. The van der Waals surface area contributed by atoms with Crippen LogP contribution in [0.5, 0.6) is 0 Å². The van der Waals surface area contributed by atoms with Crippen molar-refractivity contribution in [1.82, 2.24) is 15.1 Å². The monoisotopic (exact) mass is 282 g/mol. The molecule has 2 heterocycles. The van der Waals surface area contributed by atoms with Crippen molar-refractivity contribution < 1.29 is 4.74 Å². The molecule has 2 aliphatic heterocycles. The van der Waals surface area contributed by atoms with Crippen molar-refractivity contribution in [3.63, 3.8) is 0 Å². The molecule has 5 nitrogen and oxygen atoms in total. The zero-order chi connectivity index (χ0) is 14.4. The lowest BCUT2D eigenvalue weighted by Crippen LogP contribution is -2.45. The number of aliphatic imine (C=N–C) groups is 1. The molecule has 0 aromatic heterocycles. The number of piperidine rings is 1. The van der Waals surface area contributed by atoms with E-state index in [-0.39, 0.29) is 0 Å². The van der Waals surface area contributed by atoms with Gasteiger partial charge >= 0.3 is 0 Å². The second kappa shape index (κ2) is 7.84. The first-order valence-corrected chi connectivity index (χ1v) is 7.86. The summed E-state index contributed by atoms with van der Waals surface area (Å²) in [4.78, 5) is 9.25. The first kappa shape index (κ1) is 15.6. The Morgan fingerprint density at radius 3 is 2.80 bits per heavy atom. The third-order valence-corrected chi connectivity index (χ3v) is 4.47. The van der Waals surface area contributed by atoms with Crippen molar-refractivity contribution in [1.29, 1.82) is 0 Å². The van der Waals surface area contributed by atoms with Crippen molar-refractivity contribution in [2.24, 2.45) is 16.8 Å². The van der Waals surface area contributed by atoms with Gasteiger partial charge in [-0.05, 0) is 38.8 Å². The summed E-state index contributed by atoms with van der Waals surface area (Å²) in [6, 6.07) is 0. The molecule has 2 aliphatic rings. The van der Waals surface area contributed by atoms with Gasteiger partial charge in [0.25, 0.3) is 0 Å². The first-order chi connectivity index (χ1) is 9.72. The lowest BCUT2D eigenvalue weighted by atomic mass is 9.99. The Kier molecular flexibility index (Phi) is 6.10. The van der Waals surface area contributed by atoms with Crippen LogP contribution in [-0.2, 0) is 4.74 Å². The Hall–Kier alpha value is -0.810. The van der Waals surface area contributed by atoms with E-state index in [0.29, 0.717) is 5.92 Å². The molecule has 5 heteroatoms. The number of guanidine groups is 1. The number of hydrogen-bond donors (Lipinski definition) is 1. The highest BCUT2D eigenvalue weighted by Crippen LogP contribution is 2.17. The van der Waals surface area contributed by atoms with Gasteiger partial charge in [0.1, 0.15) is 0 Å². The Morgan fingerprint density at radius 1 is 1.25 bits per heavy atom. The van der Waals surface area contributed by atoms with Crippen molar-refractivity contribution in [3.8, 4) is 0 Å². The van der Waals surface area contributed by atoms with Crippen LogP contribution in [-0.4, -0.2) is 76.3 Å². The molecule has 0 aromatic rings. The molecule has 0 amide bonds. The summed E-state index contributed by atoms with van der Waals surface area (Å²) in [5, 5.41) is 3.57. The van der Waals surface area contributed by atoms with Crippen molar-refractivity contribution in [2.45, 2.75) is 19.3 Å². The first-order valence-electron chi connectivity index (χ1n) is 7.86. The third-order valence-electron chi connectivity index (χ3n) is 4.47. The molecule has 116 valence electrons. The Balaban J connectivity index is 1.75. The predicted octanol–water partition coefficient (Wildman–Crippen LogP) is 0.872. The number of hydrogen-bond acceptors (Lipinski definition) is 3.